The zero-order chi connectivity index (χ0) is 10.3. The molecule has 2 rings (SSSR count). The summed E-state index contributed by atoms with van der Waals surface area (Å²) in [5.41, 5.74) is 1.72. The van der Waals surface area contributed by atoms with Crippen molar-refractivity contribution >= 4 is 28.2 Å². The number of H-pyrrole nitrogens is 1. The minimum absolute atomic E-state index is 0.0573. The molecule has 2 aromatic rings. The number of nitro benzene ring substituents is 1. The quantitative estimate of drug-likeness (QED) is 0.581. The number of hydrogen-bond donors (Lipinski definition) is 1. The smallest absolute Gasteiger partial charge is 0.288 e. The number of nitro groups is 1. The Bertz CT molecular complexity index is 519. The molecule has 0 aliphatic heterocycles. The number of fused-ring (bicyclic) bond motifs is 1. The standard InChI is InChI=1S/C9H7ClN2O2/c1-5-2-6-3-9(12(13)14)7(10)4-8(6)11-5/h2-4,11H,1H3. The molecule has 0 radical (unpaired) electrons. The minimum atomic E-state index is -0.482. The summed E-state index contributed by atoms with van der Waals surface area (Å²) in [7, 11) is 0. The number of nitrogens with one attached hydrogen (secondary N) is 1. The maximum Gasteiger partial charge on any atom is 0.288 e. The average molecular weight is 211 g/mol. The highest BCUT2D eigenvalue weighted by Crippen LogP contribution is 2.29. The molecule has 1 aromatic carbocycles. The normalized spacial score (nSPS) is 10.7. The lowest BCUT2D eigenvalue weighted by atomic mass is 10.2. The molecule has 0 fully saturated rings. The first-order chi connectivity index (χ1) is 6.58. The van der Waals surface area contributed by atoms with E-state index in [0.29, 0.717) is 0 Å². The summed E-state index contributed by atoms with van der Waals surface area (Å²) >= 11 is 5.75. The van der Waals surface area contributed by atoms with Crippen LogP contribution in [-0.2, 0) is 0 Å². The third-order valence-corrected chi connectivity index (χ3v) is 2.32. The third-order valence-electron chi connectivity index (χ3n) is 2.02. The van der Waals surface area contributed by atoms with Crippen LogP contribution in [0.1, 0.15) is 5.69 Å². The molecule has 1 heterocycles. The molecule has 0 unspecified atom stereocenters. The summed E-state index contributed by atoms with van der Waals surface area (Å²) in [4.78, 5) is 13.2. The van der Waals surface area contributed by atoms with Gasteiger partial charge in [0.1, 0.15) is 5.02 Å². The monoisotopic (exact) mass is 210 g/mol. The van der Waals surface area contributed by atoms with E-state index in [1.165, 1.54) is 6.07 Å². The molecule has 4 nitrogen and oxygen atoms in total. The van der Waals surface area contributed by atoms with Gasteiger partial charge in [0.15, 0.2) is 0 Å². The molecule has 0 saturated heterocycles. The Morgan fingerprint density at radius 3 is 2.79 bits per heavy atom. The van der Waals surface area contributed by atoms with E-state index in [0.717, 1.165) is 16.6 Å². The van der Waals surface area contributed by atoms with Gasteiger partial charge in [-0.1, -0.05) is 11.6 Å². The topological polar surface area (TPSA) is 58.9 Å². The van der Waals surface area contributed by atoms with Crippen molar-refractivity contribution < 1.29 is 4.92 Å². The Labute approximate surface area is 84.6 Å². The number of aromatic amines is 1. The van der Waals surface area contributed by atoms with E-state index in [1.54, 1.807) is 6.07 Å². The van der Waals surface area contributed by atoms with Crippen LogP contribution >= 0.6 is 11.6 Å². The maximum absolute atomic E-state index is 10.6. The maximum atomic E-state index is 10.6. The van der Waals surface area contributed by atoms with Crippen molar-refractivity contribution in [3.8, 4) is 0 Å². The number of rotatable bonds is 1. The van der Waals surface area contributed by atoms with Gasteiger partial charge in [0.2, 0.25) is 0 Å². The Balaban J connectivity index is 2.76. The predicted molar refractivity (Wildman–Crippen MR) is 54.7 cm³/mol. The van der Waals surface area contributed by atoms with Crippen LogP contribution < -0.4 is 0 Å². The highest BCUT2D eigenvalue weighted by molar-refractivity contribution is 6.33. The van der Waals surface area contributed by atoms with Crippen LogP contribution in [0.3, 0.4) is 0 Å². The summed E-state index contributed by atoms with van der Waals surface area (Å²) in [5.74, 6) is 0. The van der Waals surface area contributed by atoms with E-state index in [1.807, 2.05) is 13.0 Å². The van der Waals surface area contributed by atoms with Crippen molar-refractivity contribution in [2.24, 2.45) is 0 Å². The Morgan fingerprint density at radius 2 is 2.14 bits per heavy atom. The fraction of sp³-hybridized carbons (Fsp3) is 0.111. The van der Waals surface area contributed by atoms with Gasteiger partial charge in [-0.25, -0.2) is 0 Å². The number of aromatic nitrogens is 1. The summed E-state index contributed by atoms with van der Waals surface area (Å²) in [6, 6.07) is 4.89. The zero-order valence-electron chi connectivity index (χ0n) is 7.37. The van der Waals surface area contributed by atoms with Crippen LogP contribution in [-0.4, -0.2) is 9.91 Å². The second-order valence-electron chi connectivity index (χ2n) is 3.10. The van der Waals surface area contributed by atoms with Gasteiger partial charge in [-0.05, 0) is 19.1 Å². The molecule has 0 bridgehead atoms. The van der Waals surface area contributed by atoms with Crippen LogP contribution in [0.5, 0.6) is 0 Å². The Hall–Kier alpha value is -1.55. The van der Waals surface area contributed by atoms with Crippen LogP contribution in [0.25, 0.3) is 10.9 Å². The van der Waals surface area contributed by atoms with Crippen LogP contribution in [0, 0.1) is 17.0 Å². The summed E-state index contributed by atoms with van der Waals surface area (Å²) in [5, 5.41) is 11.5. The van der Waals surface area contributed by atoms with Gasteiger partial charge in [0.25, 0.3) is 5.69 Å². The second kappa shape index (κ2) is 2.99. The van der Waals surface area contributed by atoms with Crippen LogP contribution in [0.2, 0.25) is 5.02 Å². The minimum Gasteiger partial charge on any atom is -0.359 e. The van der Waals surface area contributed by atoms with Crippen molar-refractivity contribution in [3.05, 3.63) is 39.0 Å². The van der Waals surface area contributed by atoms with Gasteiger partial charge in [-0.3, -0.25) is 10.1 Å². The number of halogens is 1. The SMILES string of the molecule is Cc1cc2cc([N+](=O)[O-])c(Cl)cc2[nH]1. The zero-order valence-corrected chi connectivity index (χ0v) is 8.13. The van der Waals surface area contributed by atoms with Crippen molar-refractivity contribution in [1.29, 1.82) is 0 Å². The highest BCUT2D eigenvalue weighted by atomic mass is 35.5. The second-order valence-corrected chi connectivity index (χ2v) is 3.51. The van der Waals surface area contributed by atoms with E-state index in [9.17, 15) is 10.1 Å². The fourth-order valence-corrected chi connectivity index (χ4v) is 1.66. The first-order valence-electron chi connectivity index (χ1n) is 4.01. The Morgan fingerprint density at radius 1 is 1.43 bits per heavy atom. The summed E-state index contributed by atoms with van der Waals surface area (Å²) in [6.45, 7) is 1.89. The summed E-state index contributed by atoms with van der Waals surface area (Å²) in [6.07, 6.45) is 0. The molecule has 0 aliphatic carbocycles. The molecule has 14 heavy (non-hydrogen) atoms. The molecule has 5 heteroatoms. The molecule has 0 spiro atoms. The first-order valence-corrected chi connectivity index (χ1v) is 4.39. The fourth-order valence-electron chi connectivity index (χ4n) is 1.43. The van der Waals surface area contributed by atoms with E-state index in [4.69, 9.17) is 11.6 Å². The number of hydrogen-bond acceptors (Lipinski definition) is 2. The van der Waals surface area contributed by atoms with Crippen molar-refractivity contribution in [3.63, 3.8) is 0 Å². The van der Waals surface area contributed by atoms with Gasteiger partial charge >= 0.3 is 0 Å². The molecule has 0 saturated carbocycles. The number of benzene rings is 1. The van der Waals surface area contributed by atoms with Crippen molar-refractivity contribution in [2.45, 2.75) is 6.92 Å². The van der Waals surface area contributed by atoms with E-state index in [2.05, 4.69) is 4.98 Å². The van der Waals surface area contributed by atoms with Gasteiger partial charge < -0.3 is 4.98 Å². The predicted octanol–water partition coefficient (Wildman–Crippen LogP) is 3.04. The van der Waals surface area contributed by atoms with Gasteiger partial charge in [0.05, 0.1) is 4.92 Å². The number of aryl methyl sites for hydroxylation is 1. The summed E-state index contributed by atoms with van der Waals surface area (Å²) < 4.78 is 0. The number of nitrogens with zero attached hydrogens (tertiary/aromatic N) is 1. The van der Waals surface area contributed by atoms with E-state index >= 15 is 0 Å². The Kier molecular flexibility index (Phi) is 1.93. The van der Waals surface area contributed by atoms with Gasteiger partial charge in [0, 0.05) is 22.7 Å². The highest BCUT2D eigenvalue weighted by Gasteiger charge is 2.13. The molecule has 72 valence electrons. The molecule has 1 N–H and O–H groups in total. The third kappa shape index (κ3) is 1.33. The van der Waals surface area contributed by atoms with E-state index < -0.39 is 4.92 Å². The van der Waals surface area contributed by atoms with Crippen LogP contribution in [0.15, 0.2) is 18.2 Å². The van der Waals surface area contributed by atoms with Gasteiger partial charge in [-0.2, -0.15) is 0 Å². The lowest BCUT2D eigenvalue weighted by molar-refractivity contribution is -0.384. The van der Waals surface area contributed by atoms with Crippen molar-refractivity contribution in [1.82, 2.24) is 4.98 Å². The average Bonchev–Trinajstić information content (AvgIpc) is 2.42. The van der Waals surface area contributed by atoms with Crippen LogP contribution in [0.4, 0.5) is 5.69 Å². The van der Waals surface area contributed by atoms with Gasteiger partial charge in [-0.15, -0.1) is 0 Å². The van der Waals surface area contributed by atoms with E-state index in [-0.39, 0.29) is 10.7 Å². The molecular weight excluding hydrogens is 204 g/mol. The molecule has 0 atom stereocenters. The van der Waals surface area contributed by atoms with Crippen molar-refractivity contribution in [2.75, 3.05) is 0 Å². The lowest BCUT2D eigenvalue weighted by Crippen LogP contribution is -1.88. The lowest BCUT2D eigenvalue weighted by Gasteiger charge is -1.94. The molecular formula is C9H7ClN2O2. The molecule has 0 aliphatic rings. The molecule has 0 amide bonds. The largest absolute Gasteiger partial charge is 0.359 e. The first kappa shape index (κ1) is 9.02. The molecule has 1 aromatic heterocycles.